The van der Waals surface area contributed by atoms with Crippen LogP contribution in [0.4, 0.5) is 0 Å². The van der Waals surface area contributed by atoms with Crippen molar-refractivity contribution in [2.75, 3.05) is 13.2 Å². The first kappa shape index (κ1) is 11.4. The van der Waals surface area contributed by atoms with Crippen LogP contribution in [0.15, 0.2) is 22.6 Å². The quantitative estimate of drug-likeness (QED) is 0.833. The Hall–Kier alpha value is -1.68. The monoisotopic (exact) mass is 245 g/mol. The van der Waals surface area contributed by atoms with Gasteiger partial charge in [0.2, 0.25) is 0 Å². The van der Waals surface area contributed by atoms with E-state index in [1.807, 2.05) is 25.1 Å². The number of aromatic nitrogens is 1. The van der Waals surface area contributed by atoms with E-state index < -0.39 is 0 Å². The molecule has 0 bridgehead atoms. The van der Waals surface area contributed by atoms with Crippen LogP contribution < -0.4 is 0 Å². The highest BCUT2D eigenvalue weighted by atomic mass is 16.5. The largest absolute Gasteiger partial charge is 0.441 e. The highest BCUT2D eigenvalue weighted by Crippen LogP contribution is 2.37. The van der Waals surface area contributed by atoms with Crippen molar-refractivity contribution in [3.63, 3.8) is 0 Å². The second kappa shape index (κ2) is 3.92. The van der Waals surface area contributed by atoms with Crippen LogP contribution in [-0.4, -0.2) is 24.0 Å². The lowest BCUT2D eigenvalue weighted by Gasteiger charge is -2.41. The minimum atomic E-state index is -0.166. The average Bonchev–Trinajstić information content (AvgIpc) is 2.62. The van der Waals surface area contributed by atoms with Crippen LogP contribution in [0.3, 0.4) is 0 Å². The molecule has 2 aromatic rings. The van der Waals surface area contributed by atoms with E-state index in [1.165, 1.54) is 0 Å². The molecule has 1 saturated heterocycles. The lowest BCUT2D eigenvalue weighted by molar-refractivity contribution is -0.125. The number of hydrogen-bond donors (Lipinski definition) is 0. The van der Waals surface area contributed by atoms with Gasteiger partial charge >= 0.3 is 0 Å². The number of nitrogens with zero attached hydrogens (tertiary/aromatic N) is 1. The maximum atomic E-state index is 11.4. The van der Waals surface area contributed by atoms with Crippen molar-refractivity contribution in [1.29, 1.82) is 0 Å². The molecule has 4 nitrogen and oxygen atoms in total. The van der Waals surface area contributed by atoms with E-state index in [2.05, 4.69) is 4.98 Å². The summed E-state index contributed by atoms with van der Waals surface area (Å²) in [4.78, 5) is 15.7. The molecule has 0 N–H and O–H groups in total. The fraction of sp³-hybridized carbons (Fsp3) is 0.429. The second-order valence-corrected chi connectivity index (χ2v) is 5.07. The number of benzene rings is 1. The van der Waals surface area contributed by atoms with Gasteiger partial charge in [0, 0.05) is 18.8 Å². The van der Waals surface area contributed by atoms with E-state index in [0.717, 1.165) is 16.7 Å². The smallest absolute Gasteiger partial charge is 0.192 e. The number of carbonyl (C=O) groups excluding carboxylic acids is 1. The van der Waals surface area contributed by atoms with E-state index in [1.54, 1.807) is 6.92 Å². The van der Waals surface area contributed by atoms with E-state index in [4.69, 9.17) is 9.15 Å². The molecule has 1 fully saturated rings. The third kappa shape index (κ3) is 1.73. The van der Waals surface area contributed by atoms with Crippen LogP contribution in [-0.2, 0) is 14.9 Å². The van der Waals surface area contributed by atoms with Crippen LogP contribution in [0.1, 0.15) is 24.8 Å². The summed E-state index contributed by atoms with van der Waals surface area (Å²) in [5.74, 6) is 0.847. The van der Waals surface area contributed by atoms with Gasteiger partial charge in [0.25, 0.3) is 0 Å². The third-order valence-corrected chi connectivity index (χ3v) is 3.45. The molecule has 0 unspecified atom stereocenters. The highest BCUT2D eigenvalue weighted by molar-refractivity contribution is 5.79. The summed E-state index contributed by atoms with van der Waals surface area (Å²) in [5.41, 5.74) is 2.57. The van der Waals surface area contributed by atoms with Gasteiger partial charge in [0.1, 0.15) is 11.3 Å². The molecule has 0 spiro atoms. The van der Waals surface area contributed by atoms with Gasteiger partial charge in [0.05, 0.1) is 13.2 Å². The number of fused-ring (bicyclic) bond motifs is 1. The molecule has 0 atom stereocenters. The van der Waals surface area contributed by atoms with Crippen molar-refractivity contribution in [2.24, 2.45) is 0 Å². The Morgan fingerprint density at radius 2 is 2.22 bits per heavy atom. The number of carbonyl (C=O) groups is 1. The molecule has 18 heavy (non-hydrogen) atoms. The molecule has 0 aliphatic carbocycles. The fourth-order valence-electron chi connectivity index (χ4n) is 2.57. The zero-order valence-corrected chi connectivity index (χ0v) is 10.5. The number of hydrogen-bond acceptors (Lipinski definition) is 4. The van der Waals surface area contributed by atoms with Crippen LogP contribution >= 0.6 is 0 Å². The van der Waals surface area contributed by atoms with Crippen molar-refractivity contribution in [3.05, 3.63) is 29.7 Å². The number of rotatable bonds is 3. The molecule has 4 heteroatoms. The first-order chi connectivity index (χ1) is 8.59. The van der Waals surface area contributed by atoms with Crippen LogP contribution in [0.5, 0.6) is 0 Å². The maximum absolute atomic E-state index is 11.4. The van der Waals surface area contributed by atoms with Crippen LogP contribution in [0.25, 0.3) is 11.1 Å². The van der Waals surface area contributed by atoms with Crippen molar-refractivity contribution >= 4 is 16.9 Å². The zero-order valence-electron chi connectivity index (χ0n) is 10.5. The van der Waals surface area contributed by atoms with E-state index in [9.17, 15) is 4.79 Å². The molecule has 2 heterocycles. The lowest BCUT2D eigenvalue weighted by Crippen LogP contribution is -2.47. The predicted octanol–water partition coefficient (Wildman–Crippen LogP) is 2.38. The summed E-state index contributed by atoms with van der Waals surface area (Å²) in [6.45, 7) is 4.66. The van der Waals surface area contributed by atoms with Crippen molar-refractivity contribution < 1.29 is 13.9 Å². The van der Waals surface area contributed by atoms with Gasteiger partial charge in [-0.15, -0.1) is 0 Å². The Balaban J connectivity index is 2.04. The van der Waals surface area contributed by atoms with Gasteiger partial charge < -0.3 is 9.15 Å². The number of ether oxygens (including phenoxy) is 1. The van der Waals surface area contributed by atoms with Gasteiger partial charge in [0.15, 0.2) is 11.5 Å². The third-order valence-electron chi connectivity index (χ3n) is 3.45. The Kier molecular flexibility index (Phi) is 2.48. The lowest BCUT2D eigenvalue weighted by atomic mass is 9.75. The number of aryl methyl sites for hydroxylation is 1. The van der Waals surface area contributed by atoms with Crippen molar-refractivity contribution in [2.45, 2.75) is 25.7 Å². The first-order valence-electron chi connectivity index (χ1n) is 6.04. The van der Waals surface area contributed by atoms with E-state index in [0.29, 0.717) is 25.5 Å². The van der Waals surface area contributed by atoms with Gasteiger partial charge in [-0.25, -0.2) is 4.98 Å². The molecule has 1 aliphatic heterocycles. The average molecular weight is 245 g/mol. The molecule has 0 radical (unpaired) electrons. The van der Waals surface area contributed by atoms with Crippen LogP contribution in [0.2, 0.25) is 0 Å². The minimum Gasteiger partial charge on any atom is -0.441 e. The zero-order chi connectivity index (χ0) is 12.8. The fourth-order valence-corrected chi connectivity index (χ4v) is 2.57. The molecule has 94 valence electrons. The molecule has 1 aromatic carbocycles. The maximum Gasteiger partial charge on any atom is 0.192 e. The second-order valence-electron chi connectivity index (χ2n) is 5.07. The summed E-state index contributed by atoms with van der Waals surface area (Å²) < 4.78 is 10.9. The number of oxazole rings is 1. The molecule has 1 aliphatic rings. The van der Waals surface area contributed by atoms with Gasteiger partial charge in [-0.1, -0.05) is 6.07 Å². The van der Waals surface area contributed by atoms with Crippen LogP contribution in [0, 0.1) is 6.92 Å². The Morgan fingerprint density at radius 3 is 2.83 bits per heavy atom. The number of Topliss-reactive ketones (excluding diaryl/α,β-unsaturated/α-hetero) is 1. The first-order valence-corrected chi connectivity index (χ1v) is 6.04. The van der Waals surface area contributed by atoms with Gasteiger partial charge in [-0.05, 0) is 24.6 Å². The SMILES string of the molecule is CC(=O)CC1(c2ccc3nc(C)oc3c2)COC1. The number of ketones is 1. The molecule has 0 amide bonds. The summed E-state index contributed by atoms with van der Waals surface area (Å²) >= 11 is 0. The predicted molar refractivity (Wildman–Crippen MR) is 66.5 cm³/mol. The molecule has 1 aromatic heterocycles. The molecular formula is C14H15NO3. The Morgan fingerprint density at radius 1 is 1.44 bits per heavy atom. The van der Waals surface area contributed by atoms with Gasteiger partial charge in [-0.3, -0.25) is 4.79 Å². The molecule has 3 rings (SSSR count). The van der Waals surface area contributed by atoms with Crippen molar-refractivity contribution in [3.8, 4) is 0 Å². The minimum absolute atomic E-state index is 0.166. The topological polar surface area (TPSA) is 52.3 Å². The molecule has 0 saturated carbocycles. The summed E-state index contributed by atoms with van der Waals surface area (Å²) in [6.07, 6.45) is 0.519. The highest BCUT2D eigenvalue weighted by Gasteiger charge is 2.41. The Bertz CT molecular complexity index is 611. The standard InChI is InChI=1S/C14H15NO3/c1-9(16)6-14(7-17-8-14)11-3-4-12-13(5-11)18-10(2)15-12/h3-5H,6-8H2,1-2H3. The van der Waals surface area contributed by atoms with E-state index >= 15 is 0 Å². The Labute approximate surface area is 105 Å². The summed E-state index contributed by atoms with van der Waals surface area (Å²) in [6, 6.07) is 5.96. The van der Waals surface area contributed by atoms with Crippen molar-refractivity contribution in [1.82, 2.24) is 4.98 Å². The summed E-state index contributed by atoms with van der Waals surface area (Å²) in [5, 5.41) is 0. The van der Waals surface area contributed by atoms with E-state index in [-0.39, 0.29) is 11.2 Å². The molecular weight excluding hydrogens is 230 g/mol. The normalized spacial score (nSPS) is 17.7. The van der Waals surface area contributed by atoms with Gasteiger partial charge in [-0.2, -0.15) is 0 Å². The summed E-state index contributed by atoms with van der Waals surface area (Å²) in [7, 11) is 0.